The van der Waals surface area contributed by atoms with Gasteiger partial charge in [-0.1, -0.05) is 6.07 Å². The van der Waals surface area contributed by atoms with E-state index in [4.69, 9.17) is 9.15 Å². The van der Waals surface area contributed by atoms with Crippen LogP contribution < -0.4 is 10.1 Å². The number of methoxy groups -OCH3 is 1. The molecule has 0 radical (unpaired) electrons. The van der Waals surface area contributed by atoms with Crippen LogP contribution in [0.4, 0.5) is 0 Å². The molecule has 0 atom stereocenters. The molecule has 0 aliphatic heterocycles. The molecule has 1 amide bonds. The van der Waals surface area contributed by atoms with E-state index in [2.05, 4.69) is 20.5 Å². The topological polar surface area (TPSA) is 90.1 Å². The number of nitrogens with zero attached hydrogens (tertiary/aromatic N) is 3. The quantitative estimate of drug-likeness (QED) is 0.747. The largest absolute Gasteiger partial charge is 0.497 e. The normalized spacial score (nSPS) is 10.4. The van der Waals surface area contributed by atoms with E-state index in [9.17, 15) is 4.79 Å². The summed E-state index contributed by atoms with van der Waals surface area (Å²) in [5.74, 6) is 1.44. The fraction of sp³-hybridized carbons (Fsp3) is 0.176. The van der Waals surface area contributed by atoms with Crippen LogP contribution in [0.5, 0.6) is 5.75 Å². The fourth-order valence-corrected chi connectivity index (χ4v) is 2.12. The molecule has 2 heterocycles. The number of ether oxygens (including phenoxy) is 1. The van der Waals surface area contributed by atoms with E-state index in [1.165, 1.54) is 0 Å². The average Bonchev–Trinajstić information content (AvgIpc) is 3.11. The Balaban J connectivity index is 1.57. The molecule has 24 heavy (non-hydrogen) atoms. The van der Waals surface area contributed by atoms with Crippen LogP contribution in [0.1, 0.15) is 16.2 Å². The molecular weight excluding hydrogens is 308 g/mol. The molecule has 0 saturated heterocycles. The highest BCUT2D eigenvalue weighted by atomic mass is 16.5. The van der Waals surface area contributed by atoms with Crippen LogP contribution in [-0.4, -0.2) is 34.7 Å². The molecule has 0 aliphatic carbocycles. The van der Waals surface area contributed by atoms with Crippen LogP contribution >= 0.6 is 0 Å². The molecule has 7 heteroatoms. The molecule has 0 bridgehead atoms. The molecule has 1 aromatic carbocycles. The second kappa shape index (κ2) is 7.36. The van der Waals surface area contributed by atoms with E-state index < -0.39 is 0 Å². The van der Waals surface area contributed by atoms with Gasteiger partial charge in [-0.3, -0.25) is 9.78 Å². The number of carbonyl (C=O) groups excluding carboxylic acids is 1. The summed E-state index contributed by atoms with van der Waals surface area (Å²) in [5.41, 5.74) is 1.35. The van der Waals surface area contributed by atoms with Gasteiger partial charge in [0.15, 0.2) is 0 Å². The molecule has 0 saturated carbocycles. The lowest BCUT2D eigenvalue weighted by Gasteiger charge is -2.02. The van der Waals surface area contributed by atoms with E-state index in [0.29, 0.717) is 30.3 Å². The van der Waals surface area contributed by atoms with Crippen molar-refractivity contribution in [3.8, 4) is 17.2 Å². The predicted octanol–water partition coefficient (Wildman–Crippen LogP) is 2.11. The van der Waals surface area contributed by atoms with Crippen molar-refractivity contribution < 1.29 is 13.9 Å². The minimum absolute atomic E-state index is 0.162. The standard InChI is InChI=1S/C17H16N4O3/c1-23-14-4-2-3-13(11-14)17-21-20-15(24-17)7-10-19-16(22)12-5-8-18-9-6-12/h2-6,8-9,11H,7,10H2,1H3,(H,19,22). The van der Waals surface area contributed by atoms with Crippen molar-refractivity contribution in [2.45, 2.75) is 6.42 Å². The smallest absolute Gasteiger partial charge is 0.251 e. The van der Waals surface area contributed by atoms with Gasteiger partial charge in [-0.15, -0.1) is 10.2 Å². The van der Waals surface area contributed by atoms with Crippen molar-refractivity contribution in [3.05, 3.63) is 60.2 Å². The van der Waals surface area contributed by atoms with Gasteiger partial charge in [-0.05, 0) is 30.3 Å². The third kappa shape index (κ3) is 3.75. The molecule has 0 spiro atoms. The highest BCUT2D eigenvalue weighted by Crippen LogP contribution is 2.22. The fourth-order valence-electron chi connectivity index (χ4n) is 2.12. The maximum atomic E-state index is 11.9. The number of benzene rings is 1. The van der Waals surface area contributed by atoms with Crippen LogP contribution in [-0.2, 0) is 6.42 Å². The zero-order valence-corrected chi connectivity index (χ0v) is 13.1. The first-order chi connectivity index (χ1) is 11.8. The first-order valence-electron chi connectivity index (χ1n) is 7.41. The number of hydrogen-bond donors (Lipinski definition) is 1. The second-order valence-corrected chi connectivity index (χ2v) is 4.97. The molecule has 3 aromatic rings. The SMILES string of the molecule is COc1cccc(-c2nnc(CCNC(=O)c3ccncc3)o2)c1. The number of nitrogens with one attached hydrogen (secondary N) is 1. The molecule has 1 N–H and O–H groups in total. The molecule has 0 unspecified atom stereocenters. The Morgan fingerprint density at radius 3 is 2.83 bits per heavy atom. The van der Waals surface area contributed by atoms with Crippen molar-refractivity contribution in [1.29, 1.82) is 0 Å². The van der Waals surface area contributed by atoms with Gasteiger partial charge in [-0.25, -0.2) is 0 Å². The van der Waals surface area contributed by atoms with Crippen LogP contribution in [0, 0.1) is 0 Å². The predicted molar refractivity (Wildman–Crippen MR) is 86.6 cm³/mol. The summed E-state index contributed by atoms with van der Waals surface area (Å²) >= 11 is 0. The molecule has 0 aliphatic rings. The Morgan fingerprint density at radius 1 is 1.21 bits per heavy atom. The van der Waals surface area contributed by atoms with Crippen LogP contribution in [0.25, 0.3) is 11.5 Å². The third-order valence-corrected chi connectivity index (χ3v) is 3.35. The first kappa shape index (κ1) is 15.7. The molecule has 122 valence electrons. The van der Waals surface area contributed by atoms with Crippen LogP contribution in [0.15, 0.2) is 53.2 Å². The van der Waals surface area contributed by atoms with E-state index in [-0.39, 0.29) is 5.91 Å². The minimum atomic E-state index is -0.162. The lowest BCUT2D eigenvalue weighted by atomic mass is 10.2. The summed E-state index contributed by atoms with van der Waals surface area (Å²) in [4.78, 5) is 15.8. The van der Waals surface area contributed by atoms with Crippen molar-refractivity contribution >= 4 is 5.91 Å². The van der Waals surface area contributed by atoms with E-state index in [0.717, 1.165) is 11.3 Å². The third-order valence-electron chi connectivity index (χ3n) is 3.35. The van der Waals surface area contributed by atoms with E-state index in [1.54, 1.807) is 31.6 Å². The summed E-state index contributed by atoms with van der Waals surface area (Å²) in [7, 11) is 1.60. The van der Waals surface area contributed by atoms with Gasteiger partial charge in [0.05, 0.1) is 7.11 Å². The van der Waals surface area contributed by atoms with E-state index in [1.807, 2.05) is 24.3 Å². The maximum Gasteiger partial charge on any atom is 0.251 e. The summed E-state index contributed by atoms with van der Waals surface area (Å²) in [6, 6.07) is 10.7. The number of carbonyl (C=O) groups is 1. The summed E-state index contributed by atoms with van der Waals surface area (Å²) in [6.45, 7) is 0.404. The van der Waals surface area contributed by atoms with Crippen LogP contribution in [0.3, 0.4) is 0 Å². The van der Waals surface area contributed by atoms with Crippen LogP contribution in [0.2, 0.25) is 0 Å². The Morgan fingerprint density at radius 2 is 2.04 bits per heavy atom. The first-order valence-corrected chi connectivity index (χ1v) is 7.41. The van der Waals surface area contributed by atoms with Crippen molar-refractivity contribution in [3.63, 3.8) is 0 Å². The highest BCUT2D eigenvalue weighted by molar-refractivity contribution is 5.93. The number of amides is 1. The summed E-state index contributed by atoms with van der Waals surface area (Å²) in [5, 5.41) is 10.8. The van der Waals surface area contributed by atoms with Gasteiger partial charge >= 0.3 is 0 Å². The van der Waals surface area contributed by atoms with Gasteiger partial charge < -0.3 is 14.5 Å². The second-order valence-electron chi connectivity index (χ2n) is 4.97. The Kier molecular flexibility index (Phi) is 4.81. The Hall–Kier alpha value is -3.22. The Bertz CT molecular complexity index is 817. The highest BCUT2D eigenvalue weighted by Gasteiger charge is 2.10. The van der Waals surface area contributed by atoms with Crippen molar-refractivity contribution in [2.75, 3.05) is 13.7 Å². The van der Waals surface area contributed by atoms with Gasteiger partial charge in [-0.2, -0.15) is 0 Å². The van der Waals surface area contributed by atoms with Crippen molar-refractivity contribution in [1.82, 2.24) is 20.5 Å². The number of pyridine rings is 1. The minimum Gasteiger partial charge on any atom is -0.497 e. The lowest BCUT2D eigenvalue weighted by molar-refractivity contribution is 0.0953. The van der Waals surface area contributed by atoms with Gasteiger partial charge in [0.25, 0.3) is 5.91 Å². The molecular formula is C17H16N4O3. The lowest BCUT2D eigenvalue weighted by Crippen LogP contribution is -2.25. The molecule has 3 rings (SSSR count). The molecule has 2 aromatic heterocycles. The Labute approximate surface area is 138 Å². The zero-order chi connectivity index (χ0) is 16.8. The van der Waals surface area contributed by atoms with Gasteiger partial charge in [0, 0.05) is 36.5 Å². The van der Waals surface area contributed by atoms with Gasteiger partial charge in [0.2, 0.25) is 11.8 Å². The zero-order valence-electron chi connectivity index (χ0n) is 13.1. The maximum absolute atomic E-state index is 11.9. The number of aromatic nitrogens is 3. The van der Waals surface area contributed by atoms with E-state index >= 15 is 0 Å². The molecule has 0 fully saturated rings. The number of rotatable bonds is 6. The summed E-state index contributed by atoms with van der Waals surface area (Å²) in [6.07, 6.45) is 3.61. The molecule has 7 nitrogen and oxygen atoms in total. The monoisotopic (exact) mass is 324 g/mol. The van der Waals surface area contributed by atoms with Gasteiger partial charge in [0.1, 0.15) is 5.75 Å². The number of hydrogen-bond acceptors (Lipinski definition) is 6. The van der Waals surface area contributed by atoms with Crippen molar-refractivity contribution in [2.24, 2.45) is 0 Å². The summed E-state index contributed by atoms with van der Waals surface area (Å²) < 4.78 is 10.8. The average molecular weight is 324 g/mol.